The van der Waals surface area contributed by atoms with Gasteiger partial charge in [0.1, 0.15) is 6.04 Å². The zero-order valence-corrected chi connectivity index (χ0v) is 20.3. The van der Waals surface area contributed by atoms with Gasteiger partial charge in [-0.05, 0) is 81.0 Å². The van der Waals surface area contributed by atoms with Crippen LogP contribution in [0, 0.1) is 27.7 Å². The Morgan fingerprint density at radius 2 is 1.63 bits per heavy atom. The molecule has 2 atom stereocenters. The van der Waals surface area contributed by atoms with Crippen LogP contribution in [0.5, 0.6) is 0 Å². The fraction of sp³-hybridized carbons (Fsp3) is 0.435. The van der Waals surface area contributed by atoms with Crippen molar-refractivity contribution >= 4 is 33.2 Å². The summed E-state index contributed by atoms with van der Waals surface area (Å²) in [6.45, 7) is 11.7. The Balaban J connectivity index is 2.38. The number of sulfonamides is 1. The molecule has 30 heavy (non-hydrogen) atoms. The maximum absolute atomic E-state index is 13.2. The van der Waals surface area contributed by atoms with Crippen molar-refractivity contribution in [1.29, 1.82) is 0 Å². The van der Waals surface area contributed by atoms with Gasteiger partial charge in [0, 0.05) is 5.02 Å². The van der Waals surface area contributed by atoms with Crippen LogP contribution < -0.4 is 9.62 Å². The highest BCUT2D eigenvalue weighted by atomic mass is 35.5. The van der Waals surface area contributed by atoms with Crippen LogP contribution in [-0.4, -0.2) is 26.6 Å². The summed E-state index contributed by atoms with van der Waals surface area (Å²) >= 11 is 6.22. The van der Waals surface area contributed by atoms with Crippen molar-refractivity contribution in [2.75, 3.05) is 10.6 Å². The van der Waals surface area contributed by atoms with Gasteiger partial charge in [-0.2, -0.15) is 0 Å². The van der Waals surface area contributed by atoms with Crippen LogP contribution in [0.15, 0.2) is 30.3 Å². The molecule has 0 aliphatic rings. The average molecular weight is 451 g/mol. The quantitative estimate of drug-likeness (QED) is 0.645. The van der Waals surface area contributed by atoms with Crippen molar-refractivity contribution in [3.8, 4) is 0 Å². The molecule has 0 bridgehead atoms. The highest BCUT2D eigenvalue weighted by Gasteiger charge is 2.32. The van der Waals surface area contributed by atoms with E-state index in [4.69, 9.17) is 11.6 Å². The minimum atomic E-state index is -3.71. The summed E-state index contributed by atoms with van der Waals surface area (Å²) in [7, 11) is -3.71. The van der Waals surface area contributed by atoms with E-state index in [1.54, 1.807) is 25.1 Å². The Bertz CT molecular complexity index is 1050. The van der Waals surface area contributed by atoms with Crippen molar-refractivity contribution in [1.82, 2.24) is 5.32 Å². The van der Waals surface area contributed by atoms with E-state index in [9.17, 15) is 13.2 Å². The van der Waals surface area contributed by atoms with Gasteiger partial charge in [-0.25, -0.2) is 8.42 Å². The third kappa shape index (κ3) is 5.35. The zero-order valence-electron chi connectivity index (χ0n) is 18.7. The second kappa shape index (κ2) is 9.40. The summed E-state index contributed by atoms with van der Waals surface area (Å²) in [4.78, 5) is 13.2. The zero-order chi connectivity index (χ0) is 22.8. The van der Waals surface area contributed by atoms with Crippen LogP contribution in [0.25, 0.3) is 0 Å². The third-order valence-corrected chi connectivity index (χ3v) is 7.03. The summed E-state index contributed by atoms with van der Waals surface area (Å²) < 4.78 is 26.4. The molecular weight excluding hydrogens is 420 g/mol. The molecule has 2 aromatic rings. The molecule has 5 nitrogen and oxygen atoms in total. The maximum Gasteiger partial charge on any atom is 0.244 e. The molecule has 2 aromatic carbocycles. The van der Waals surface area contributed by atoms with Crippen LogP contribution in [0.1, 0.15) is 54.1 Å². The summed E-state index contributed by atoms with van der Waals surface area (Å²) in [6, 6.07) is 8.05. The molecule has 1 amide bonds. The lowest BCUT2D eigenvalue weighted by atomic mass is 9.96. The van der Waals surface area contributed by atoms with E-state index >= 15 is 0 Å². The molecule has 0 saturated heterocycles. The number of aryl methyl sites for hydroxylation is 4. The summed E-state index contributed by atoms with van der Waals surface area (Å²) in [6.07, 6.45) is 1.43. The van der Waals surface area contributed by atoms with Gasteiger partial charge in [-0.3, -0.25) is 9.10 Å². The number of anilines is 1. The fourth-order valence-electron chi connectivity index (χ4n) is 3.62. The number of amides is 1. The van der Waals surface area contributed by atoms with E-state index in [2.05, 4.69) is 24.4 Å². The predicted molar refractivity (Wildman–Crippen MR) is 125 cm³/mol. The Kier molecular flexibility index (Phi) is 7.59. The molecular formula is C23H31ClN2O3S. The van der Waals surface area contributed by atoms with Gasteiger partial charge in [0.2, 0.25) is 15.9 Å². The molecule has 0 saturated carbocycles. The van der Waals surface area contributed by atoms with Crippen molar-refractivity contribution in [2.45, 2.75) is 60.0 Å². The van der Waals surface area contributed by atoms with Gasteiger partial charge in [0.15, 0.2) is 0 Å². The molecule has 7 heteroatoms. The minimum Gasteiger partial charge on any atom is -0.348 e. The number of nitrogens with one attached hydrogen (secondary N) is 1. The van der Waals surface area contributed by atoms with Crippen LogP contribution in [0.2, 0.25) is 5.02 Å². The largest absolute Gasteiger partial charge is 0.348 e. The number of rotatable bonds is 7. The SMILES string of the molecule is CCC(C(=O)NC(C)c1cc(C)c(C)cc1C)N(c1ccc(C)c(Cl)c1)S(C)(=O)=O. The van der Waals surface area contributed by atoms with Crippen LogP contribution in [-0.2, 0) is 14.8 Å². The molecule has 0 aliphatic carbocycles. The number of benzene rings is 2. The predicted octanol–water partition coefficient (Wildman–Crippen LogP) is 5.00. The topological polar surface area (TPSA) is 66.5 Å². The standard InChI is InChI=1S/C23H31ClN2O3S/c1-8-22(26(30(7,28)29)19-10-9-14(2)21(24)13-19)23(27)25-18(6)20-12-16(4)15(3)11-17(20)5/h9-13,18,22H,8H2,1-7H3,(H,25,27). The first kappa shape index (κ1) is 24.2. The summed E-state index contributed by atoms with van der Waals surface area (Å²) in [5, 5.41) is 3.46. The number of hydrogen-bond acceptors (Lipinski definition) is 3. The van der Waals surface area contributed by atoms with E-state index in [1.807, 2.05) is 27.7 Å². The van der Waals surface area contributed by atoms with Gasteiger partial charge < -0.3 is 5.32 Å². The number of hydrogen-bond donors (Lipinski definition) is 1. The van der Waals surface area contributed by atoms with Gasteiger partial charge in [-0.1, -0.05) is 36.7 Å². The van der Waals surface area contributed by atoms with Gasteiger partial charge in [0.25, 0.3) is 0 Å². The van der Waals surface area contributed by atoms with Gasteiger partial charge in [-0.15, -0.1) is 0 Å². The van der Waals surface area contributed by atoms with Crippen molar-refractivity contribution in [2.24, 2.45) is 0 Å². The molecule has 0 aromatic heterocycles. The lowest BCUT2D eigenvalue weighted by Gasteiger charge is -2.31. The Labute approximate surface area is 185 Å². The van der Waals surface area contributed by atoms with Crippen molar-refractivity contribution in [3.05, 3.63) is 63.2 Å². The normalized spacial score (nSPS) is 13.6. The first-order chi connectivity index (χ1) is 13.9. The minimum absolute atomic E-state index is 0.256. The number of carbonyl (C=O) groups excluding carboxylic acids is 1. The van der Waals surface area contributed by atoms with Crippen molar-refractivity contribution in [3.63, 3.8) is 0 Å². The van der Waals surface area contributed by atoms with E-state index in [1.165, 1.54) is 5.56 Å². The molecule has 2 unspecified atom stereocenters. The lowest BCUT2D eigenvalue weighted by Crippen LogP contribution is -2.49. The average Bonchev–Trinajstić information content (AvgIpc) is 2.63. The molecule has 0 heterocycles. The highest BCUT2D eigenvalue weighted by molar-refractivity contribution is 7.92. The van der Waals surface area contributed by atoms with Crippen LogP contribution in [0.3, 0.4) is 0 Å². The summed E-state index contributed by atoms with van der Waals surface area (Å²) in [5.41, 5.74) is 5.67. The molecule has 2 rings (SSSR count). The van der Waals surface area contributed by atoms with Crippen molar-refractivity contribution < 1.29 is 13.2 Å². The second-order valence-corrected chi connectivity index (χ2v) is 10.2. The molecule has 1 N–H and O–H groups in total. The number of halogens is 1. The van der Waals surface area contributed by atoms with Crippen LogP contribution >= 0.6 is 11.6 Å². The monoisotopic (exact) mass is 450 g/mol. The van der Waals surface area contributed by atoms with Gasteiger partial charge >= 0.3 is 0 Å². The first-order valence-corrected chi connectivity index (χ1v) is 12.2. The molecule has 0 fully saturated rings. The number of nitrogens with zero attached hydrogens (tertiary/aromatic N) is 1. The molecule has 0 radical (unpaired) electrons. The lowest BCUT2D eigenvalue weighted by molar-refractivity contribution is -0.122. The Morgan fingerprint density at radius 1 is 1.03 bits per heavy atom. The number of carbonyl (C=O) groups is 1. The smallest absolute Gasteiger partial charge is 0.244 e. The molecule has 164 valence electrons. The highest BCUT2D eigenvalue weighted by Crippen LogP contribution is 2.28. The first-order valence-electron chi connectivity index (χ1n) is 10.0. The molecule has 0 aliphatic heterocycles. The van der Waals surface area contributed by atoms with E-state index in [0.717, 1.165) is 32.8 Å². The Hall–Kier alpha value is -2.05. The van der Waals surface area contributed by atoms with E-state index < -0.39 is 16.1 Å². The fourth-order valence-corrected chi connectivity index (χ4v) is 4.99. The van der Waals surface area contributed by atoms with Crippen LogP contribution in [0.4, 0.5) is 5.69 Å². The van der Waals surface area contributed by atoms with Gasteiger partial charge in [0.05, 0.1) is 18.0 Å². The van der Waals surface area contributed by atoms with E-state index in [-0.39, 0.29) is 11.9 Å². The molecule has 0 spiro atoms. The Morgan fingerprint density at radius 3 is 2.17 bits per heavy atom. The third-order valence-electron chi connectivity index (χ3n) is 5.45. The second-order valence-electron chi connectivity index (χ2n) is 7.94. The van der Waals surface area contributed by atoms with E-state index in [0.29, 0.717) is 17.1 Å². The summed E-state index contributed by atoms with van der Waals surface area (Å²) in [5.74, 6) is -0.343. The maximum atomic E-state index is 13.2.